The number of hydrogen-bond acceptors (Lipinski definition) is 7. The molecular weight excluding hydrogens is 451 g/mol. The zero-order chi connectivity index (χ0) is 24.4. The van der Waals surface area contributed by atoms with Crippen molar-refractivity contribution in [1.29, 1.82) is 0 Å². The third-order valence-electron chi connectivity index (χ3n) is 6.64. The molecule has 2 aliphatic heterocycles. The van der Waals surface area contributed by atoms with Gasteiger partial charge in [-0.2, -0.15) is 0 Å². The zero-order valence-electron chi connectivity index (χ0n) is 19.7. The zero-order valence-corrected chi connectivity index (χ0v) is 19.7. The molecule has 2 aromatic carbocycles. The van der Waals surface area contributed by atoms with Gasteiger partial charge in [-0.1, -0.05) is 6.07 Å². The fourth-order valence-electron chi connectivity index (χ4n) is 4.78. The number of fused-ring (bicyclic) bond motifs is 1. The highest BCUT2D eigenvalue weighted by molar-refractivity contribution is 5.98. The van der Waals surface area contributed by atoms with Crippen LogP contribution in [0.5, 0.6) is 5.75 Å². The van der Waals surface area contributed by atoms with E-state index in [4.69, 9.17) is 14.5 Å². The summed E-state index contributed by atoms with van der Waals surface area (Å²) in [6.45, 7) is 5.09. The fraction of sp³-hybridized carbons (Fsp3) is 0.423. The Morgan fingerprint density at radius 2 is 2.09 bits per heavy atom. The average Bonchev–Trinajstić information content (AvgIpc) is 3.37. The lowest BCUT2D eigenvalue weighted by Crippen LogP contribution is -2.37. The first-order chi connectivity index (χ1) is 17.0. The van der Waals surface area contributed by atoms with Crippen LogP contribution in [0.2, 0.25) is 0 Å². The van der Waals surface area contributed by atoms with Crippen molar-refractivity contribution in [2.24, 2.45) is 0 Å². The molecule has 2 saturated heterocycles. The van der Waals surface area contributed by atoms with Crippen LogP contribution >= 0.6 is 0 Å². The summed E-state index contributed by atoms with van der Waals surface area (Å²) in [5, 5.41) is 9.71. The molecule has 1 amide bonds. The van der Waals surface area contributed by atoms with E-state index in [1.54, 1.807) is 35.4 Å². The Morgan fingerprint density at radius 1 is 1.26 bits per heavy atom. The van der Waals surface area contributed by atoms with E-state index in [1.807, 2.05) is 6.92 Å². The second-order valence-electron chi connectivity index (χ2n) is 8.96. The van der Waals surface area contributed by atoms with Gasteiger partial charge >= 0.3 is 0 Å². The molecule has 0 bridgehead atoms. The molecule has 8 nitrogen and oxygen atoms in total. The molecule has 2 atom stereocenters. The number of halogens is 1. The number of aromatic nitrogens is 2. The van der Waals surface area contributed by atoms with E-state index in [9.17, 15) is 14.3 Å². The van der Waals surface area contributed by atoms with Crippen molar-refractivity contribution in [3.8, 4) is 5.75 Å². The number of aliphatic hydroxyl groups excluding tert-OH is 1. The molecule has 5 rings (SSSR count). The number of benzene rings is 2. The van der Waals surface area contributed by atoms with E-state index in [-0.39, 0.29) is 24.4 Å². The number of rotatable bonds is 6. The smallest absolute Gasteiger partial charge is 0.254 e. The summed E-state index contributed by atoms with van der Waals surface area (Å²) in [5.41, 5.74) is 2.38. The minimum absolute atomic E-state index is 0.0615. The summed E-state index contributed by atoms with van der Waals surface area (Å²) in [4.78, 5) is 26.8. The molecule has 1 aromatic heterocycles. The van der Waals surface area contributed by atoms with Crippen LogP contribution in [-0.4, -0.2) is 71.4 Å². The van der Waals surface area contributed by atoms with Gasteiger partial charge in [0.15, 0.2) is 0 Å². The summed E-state index contributed by atoms with van der Waals surface area (Å²) in [7, 11) is 0. The topological polar surface area (TPSA) is 88.0 Å². The van der Waals surface area contributed by atoms with Crippen molar-refractivity contribution in [3.63, 3.8) is 0 Å². The second-order valence-corrected chi connectivity index (χ2v) is 8.96. The van der Waals surface area contributed by atoms with E-state index >= 15 is 0 Å². The normalized spacial score (nSPS) is 19.2. The molecule has 2 unspecified atom stereocenters. The SMILES string of the molecule is CC(Oc1cccc(F)c1)c1cc(C(=O)N2CCCC2CO)cc2ncc(N3CCOCC3)nc12. The monoisotopic (exact) mass is 480 g/mol. The van der Waals surface area contributed by atoms with Crippen molar-refractivity contribution < 1.29 is 23.8 Å². The van der Waals surface area contributed by atoms with Crippen LogP contribution in [0, 0.1) is 5.82 Å². The predicted molar refractivity (Wildman–Crippen MR) is 129 cm³/mol. The number of amides is 1. The van der Waals surface area contributed by atoms with Crippen LogP contribution in [0.4, 0.5) is 10.2 Å². The minimum Gasteiger partial charge on any atom is -0.486 e. The van der Waals surface area contributed by atoms with Gasteiger partial charge in [0, 0.05) is 36.8 Å². The maximum atomic E-state index is 13.8. The lowest BCUT2D eigenvalue weighted by Gasteiger charge is -2.28. The number of nitrogens with zero attached hydrogens (tertiary/aromatic N) is 4. The Bertz CT molecular complexity index is 1220. The van der Waals surface area contributed by atoms with Gasteiger partial charge in [-0.15, -0.1) is 0 Å². The maximum absolute atomic E-state index is 13.8. The van der Waals surface area contributed by atoms with Crippen LogP contribution in [0.25, 0.3) is 11.0 Å². The summed E-state index contributed by atoms with van der Waals surface area (Å²) in [6.07, 6.45) is 2.84. The molecule has 0 spiro atoms. The Kier molecular flexibility index (Phi) is 6.79. The summed E-state index contributed by atoms with van der Waals surface area (Å²) in [5.74, 6) is 0.585. The molecule has 184 valence electrons. The average molecular weight is 481 g/mol. The summed E-state index contributed by atoms with van der Waals surface area (Å²) >= 11 is 0. The molecule has 2 aliphatic rings. The van der Waals surface area contributed by atoms with Gasteiger partial charge in [0.1, 0.15) is 23.5 Å². The van der Waals surface area contributed by atoms with Gasteiger partial charge in [-0.25, -0.2) is 9.37 Å². The van der Waals surface area contributed by atoms with Gasteiger partial charge in [0.2, 0.25) is 0 Å². The molecule has 0 saturated carbocycles. The van der Waals surface area contributed by atoms with Crippen molar-refractivity contribution in [1.82, 2.24) is 14.9 Å². The number of anilines is 1. The lowest BCUT2D eigenvalue weighted by molar-refractivity contribution is 0.0677. The number of morpholine rings is 1. The number of aliphatic hydroxyl groups is 1. The number of likely N-dealkylation sites (tertiary alicyclic amines) is 1. The van der Waals surface area contributed by atoms with E-state index in [1.165, 1.54) is 12.1 Å². The van der Waals surface area contributed by atoms with Crippen LogP contribution in [-0.2, 0) is 4.74 Å². The highest BCUT2D eigenvalue weighted by Gasteiger charge is 2.30. The van der Waals surface area contributed by atoms with Gasteiger partial charge in [-0.3, -0.25) is 9.78 Å². The van der Waals surface area contributed by atoms with Crippen LogP contribution in [0.1, 0.15) is 41.8 Å². The predicted octanol–water partition coefficient (Wildman–Crippen LogP) is 3.34. The minimum atomic E-state index is -0.520. The third kappa shape index (κ3) is 4.92. The second kappa shape index (κ2) is 10.1. The molecule has 1 N–H and O–H groups in total. The summed E-state index contributed by atoms with van der Waals surface area (Å²) < 4.78 is 25.3. The van der Waals surface area contributed by atoms with Crippen molar-refractivity contribution in [3.05, 3.63) is 59.5 Å². The molecule has 0 aliphatic carbocycles. The van der Waals surface area contributed by atoms with E-state index < -0.39 is 6.10 Å². The fourth-order valence-corrected chi connectivity index (χ4v) is 4.78. The quantitative estimate of drug-likeness (QED) is 0.579. The Balaban J connectivity index is 1.56. The maximum Gasteiger partial charge on any atom is 0.254 e. The van der Waals surface area contributed by atoms with Crippen molar-refractivity contribution in [2.75, 3.05) is 44.4 Å². The Labute approximate surface area is 203 Å². The largest absolute Gasteiger partial charge is 0.486 e. The standard InChI is InChI=1S/C26H29FN4O4/c1-17(35-21-6-2-4-19(27)14-21)22-12-18(26(33)31-7-3-5-20(31)16-32)13-23-25(22)29-24(15-28-23)30-8-10-34-11-9-30/h2,4,6,12-15,17,20,32H,3,5,7-11,16H2,1H3. The van der Waals surface area contributed by atoms with Crippen LogP contribution < -0.4 is 9.64 Å². The highest BCUT2D eigenvalue weighted by atomic mass is 19.1. The Morgan fingerprint density at radius 3 is 2.86 bits per heavy atom. The third-order valence-corrected chi connectivity index (χ3v) is 6.64. The molecule has 3 heterocycles. The van der Waals surface area contributed by atoms with E-state index in [0.29, 0.717) is 47.7 Å². The molecule has 3 aromatic rings. The molecule has 35 heavy (non-hydrogen) atoms. The number of carbonyl (C=O) groups is 1. The number of hydrogen-bond donors (Lipinski definition) is 1. The number of carbonyl (C=O) groups excluding carboxylic acids is 1. The first-order valence-electron chi connectivity index (χ1n) is 12.0. The van der Waals surface area contributed by atoms with Crippen LogP contribution in [0.3, 0.4) is 0 Å². The molecular formula is C26H29FN4O4. The van der Waals surface area contributed by atoms with Crippen molar-refractivity contribution in [2.45, 2.75) is 31.9 Å². The first kappa shape index (κ1) is 23.4. The van der Waals surface area contributed by atoms with Gasteiger partial charge in [0.25, 0.3) is 5.91 Å². The van der Waals surface area contributed by atoms with Crippen molar-refractivity contribution >= 4 is 22.8 Å². The van der Waals surface area contributed by atoms with Crippen LogP contribution in [0.15, 0.2) is 42.6 Å². The van der Waals surface area contributed by atoms with E-state index in [0.717, 1.165) is 31.7 Å². The van der Waals surface area contributed by atoms with Gasteiger partial charge in [0.05, 0.1) is 43.1 Å². The van der Waals surface area contributed by atoms with Gasteiger partial charge < -0.3 is 24.4 Å². The van der Waals surface area contributed by atoms with E-state index in [2.05, 4.69) is 9.88 Å². The molecule has 2 fully saturated rings. The lowest BCUT2D eigenvalue weighted by atomic mass is 10.0. The Hall–Kier alpha value is -3.30. The number of ether oxygens (including phenoxy) is 2. The molecule has 9 heteroatoms. The first-order valence-corrected chi connectivity index (χ1v) is 12.0. The van der Waals surface area contributed by atoms with Gasteiger partial charge in [-0.05, 0) is 44.0 Å². The molecule has 0 radical (unpaired) electrons. The summed E-state index contributed by atoms with van der Waals surface area (Å²) in [6, 6.07) is 9.33. The highest BCUT2D eigenvalue weighted by Crippen LogP contribution is 2.31.